The van der Waals surface area contributed by atoms with E-state index in [-0.39, 0.29) is 0 Å². The molecular formula is C13H20N2. The number of rotatable bonds is 4. The second kappa shape index (κ2) is 4.65. The van der Waals surface area contributed by atoms with Crippen LogP contribution in [0.2, 0.25) is 0 Å². The number of aryl methyl sites for hydroxylation is 2. The van der Waals surface area contributed by atoms with Gasteiger partial charge >= 0.3 is 0 Å². The molecule has 15 heavy (non-hydrogen) atoms. The summed E-state index contributed by atoms with van der Waals surface area (Å²) in [6, 6.07) is 4.47. The Labute approximate surface area is 92.0 Å². The maximum absolute atomic E-state index is 4.75. The van der Waals surface area contributed by atoms with E-state index in [1.807, 2.05) is 0 Å². The first kappa shape index (κ1) is 10.5. The highest BCUT2D eigenvalue weighted by Crippen LogP contribution is 2.19. The summed E-state index contributed by atoms with van der Waals surface area (Å²) in [5.41, 5.74) is 4.14. The third-order valence-electron chi connectivity index (χ3n) is 2.97. The van der Waals surface area contributed by atoms with Crippen LogP contribution in [0, 0.1) is 0 Å². The van der Waals surface area contributed by atoms with Crippen LogP contribution in [-0.2, 0) is 12.8 Å². The van der Waals surface area contributed by atoms with Crippen molar-refractivity contribution in [2.24, 2.45) is 5.10 Å². The van der Waals surface area contributed by atoms with Gasteiger partial charge in [-0.15, -0.1) is 0 Å². The number of hydrogen-bond acceptors (Lipinski definition) is 1. The summed E-state index contributed by atoms with van der Waals surface area (Å²) >= 11 is 0. The van der Waals surface area contributed by atoms with Crippen LogP contribution in [-0.4, -0.2) is 10.4 Å². The lowest BCUT2D eigenvalue weighted by Crippen LogP contribution is -2.14. The van der Waals surface area contributed by atoms with Crippen LogP contribution in [0.1, 0.15) is 50.9 Å². The van der Waals surface area contributed by atoms with Gasteiger partial charge in [0.25, 0.3) is 0 Å². The molecule has 82 valence electrons. The normalized spacial score (nSPS) is 14.9. The van der Waals surface area contributed by atoms with Crippen LogP contribution >= 0.6 is 0 Å². The van der Waals surface area contributed by atoms with E-state index in [9.17, 15) is 0 Å². The Hall–Kier alpha value is -1.05. The van der Waals surface area contributed by atoms with Crippen molar-refractivity contribution in [2.45, 2.75) is 52.4 Å². The lowest BCUT2D eigenvalue weighted by Gasteiger charge is -2.16. The lowest BCUT2D eigenvalue weighted by atomic mass is 10.1. The number of nitrogens with zero attached hydrogens (tertiary/aromatic N) is 2. The Kier molecular flexibility index (Phi) is 3.24. The minimum absolute atomic E-state index is 1.14. The van der Waals surface area contributed by atoms with Crippen molar-refractivity contribution in [1.29, 1.82) is 0 Å². The molecule has 2 heteroatoms. The molecule has 0 bridgehead atoms. The topological polar surface area (TPSA) is 17.3 Å². The van der Waals surface area contributed by atoms with Gasteiger partial charge in [0, 0.05) is 17.1 Å². The van der Waals surface area contributed by atoms with Gasteiger partial charge < -0.3 is 0 Å². The Morgan fingerprint density at radius 2 is 1.93 bits per heavy atom. The van der Waals surface area contributed by atoms with E-state index < -0.39 is 0 Å². The first-order chi connectivity index (χ1) is 7.35. The monoisotopic (exact) mass is 204 g/mol. The van der Waals surface area contributed by atoms with Gasteiger partial charge in [-0.05, 0) is 37.8 Å². The van der Waals surface area contributed by atoms with Crippen molar-refractivity contribution < 1.29 is 0 Å². The molecule has 0 N–H and O–H groups in total. The highest BCUT2D eigenvalue weighted by Gasteiger charge is 2.13. The first-order valence-corrected chi connectivity index (χ1v) is 6.11. The van der Waals surface area contributed by atoms with E-state index in [1.54, 1.807) is 0 Å². The van der Waals surface area contributed by atoms with Crippen molar-refractivity contribution in [2.75, 3.05) is 0 Å². The molecular weight excluding hydrogens is 184 g/mol. The summed E-state index contributed by atoms with van der Waals surface area (Å²) in [5.74, 6) is 0. The summed E-state index contributed by atoms with van der Waals surface area (Å²) in [5, 5.41) is 4.75. The van der Waals surface area contributed by atoms with Gasteiger partial charge in [0.2, 0.25) is 0 Å². The molecule has 1 aliphatic heterocycles. The van der Waals surface area contributed by atoms with E-state index in [0.29, 0.717) is 0 Å². The molecule has 1 aliphatic rings. The second-order valence-corrected chi connectivity index (χ2v) is 4.29. The average Bonchev–Trinajstić information content (AvgIpc) is 2.63. The molecule has 0 aliphatic carbocycles. The third kappa shape index (κ3) is 2.14. The Morgan fingerprint density at radius 3 is 2.67 bits per heavy atom. The minimum atomic E-state index is 1.14. The fourth-order valence-corrected chi connectivity index (χ4v) is 2.21. The molecule has 0 amide bonds. The number of fused-ring (bicyclic) bond motifs is 1. The second-order valence-electron chi connectivity index (χ2n) is 4.29. The van der Waals surface area contributed by atoms with Crippen LogP contribution < -0.4 is 0 Å². The molecule has 0 aromatic carbocycles. The van der Waals surface area contributed by atoms with Gasteiger partial charge in [-0.25, -0.2) is 4.68 Å². The Bertz CT molecular complexity index is 361. The Morgan fingerprint density at radius 1 is 1.13 bits per heavy atom. The largest absolute Gasteiger partial charge is 0.242 e. The molecule has 1 aromatic rings. The average molecular weight is 204 g/mol. The predicted octanol–water partition coefficient (Wildman–Crippen LogP) is 3.39. The fraction of sp³-hybridized carbons (Fsp3) is 0.615. The van der Waals surface area contributed by atoms with E-state index >= 15 is 0 Å². The summed E-state index contributed by atoms with van der Waals surface area (Å²) in [6.07, 6.45) is 7.03. The van der Waals surface area contributed by atoms with Gasteiger partial charge in [0.1, 0.15) is 0 Å². The van der Waals surface area contributed by atoms with Crippen LogP contribution in [0.15, 0.2) is 17.2 Å². The fourth-order valence-electron chi connectivity index (χ4n) is 2.21. The van der Waals surface area contributed by atoms with Crippen LogP contribution in [0.5, 0.6) is 0 Å². The smallest absolute Gasteiger partial charge is 0.0427 e. The number of hydrogen-bond donors (Lipinski definition) is 0. The summed E-state index contributed by atoms with van der Waals surface area (Å²) < 4.78 is 2.18. The van der Waals surface area contributed by atoms with E-state index in [0.717, 1.165) is 19.3 Å². The van der Waals surface area contributed by atoms with Gasteiger partial charge in [-0.2, -0.15) is 5.10 Å². The molecule has 0 saturated heterocycles. The zero-order valence-corrected chi connectivity index (χ0v) is 9.79. The Balaban J connectivity index is 2.25. The molecule has 0 radical (unpaired) electrons. The molecule has 2 nitrogen and oxygen atoms in total. The van der Waals surface area contributed by atoms with Crippen molar-refractivity contribution in [3.8, 4) is 0 Å². The maximum atomic E-state index is 4.75. The van der Waals surface area contributed by atoms with Gasteiger partial charge in [-0.3, -0.25) is 0 Å². The standard InChI is InChI=1S/C13H20N2/c1-3-5-11-7-8-13-10-9-12(6-4-2)15(13)14-11/h9-10H,3-8H2,1-2H3. The van der Waals surface area contributed by atoms with E-state index in [2.05, 4.69) is 30.7 Å². The molecule has 0 atom stereocenters. The summed E-state index contributed by atoms with van der Waals surface area (Å²) in [6.45, 7) is 4.44. The molecule has 0 saturated carbocycles. The first-order valence-electron chi connectivity index (χ1n) is 6.11. The van der Waals surface area contributed by atoms with Crippen LogP contribution in [0.4, 0.5) is 0 Å². The SMILES string of the molecule is CCCC1=Nn2c(CCC)ccc2CC1. The highest BCUT2D eigenvalue weighted by molar-refractivity contribution is 5.85. The quantitative estimate of drug-likeness (QED) is 0.715. The van der Waals surface area contributed by atoms with E-state index in [1.165, 1.54) is 36.4 Å². The van der Waals surface area contributed by atoms with Crippen molar-refractivity contribution in [3.63, 3.8) is 0 Å². The highest BCUT2D eigenvalue weighted by atomic mass is 15.4. The van der Waals surface area contributed by atoms with Crippen LogP contribution in [0.25, 0.3) is 0 Å². The third-order valence-corrected chi connectivity index (χ3v) is 2.97. The number of aromatic nitrogens is 1. The molecule has 2 rings (SSSR count). The zero-order chi connectivity index (χ0) is 10.7. The summed E-state index contributed by atoms with van der Waals surface area (Å²) in [7, 11) is 0. The zero-order valence-electron chi connectivity index (χ0n) is 9.79. The lowest BCUT2D eigenvalue weighted by molar-refractivity contribution is 0.689. The predicted molar refractivity (Wildman–Crippen MR) is 64.5 cm³/mol. The van der Waals surface area contributed by atoms with Crippen LogP contribution in [0.3, 0.4) is 0 Å². The van der Waals surface area contributed by atoms with Gasteiger partial charge in [0.15, 0.2) is 0 Å². The maximum Gasteiger partial charge on any atom is 0.0427 e. The van der Waals surface area contributed by atoms with Crippen molar-refractivity contribution >= 4 is 5.71 Å². The van der Waals surface area contributed by atoms with Gasteiger partial charge in [0.05, 0.1) is 0 Å². The molecule has 1 aromatic heterocycles. The van der Waals surface area contributed by atoms with Crippen molar-refractivity contribution in [1.82, 2.24) is 4.68 Å². The van der Waals surface area contributed by atoms with Gasteiger partial charge in [-0.1, -0.05) is 26.7 Å². The van der Waals surface area contributed by atoms with Crippen molar-refractivity contribution in [3.05, 3.63) is 23.5 Å². The molecule has 2 heterocycles. The molecule has 0 unspecified atom stereocenters. The molecule has 0 fully saturated rings. The van der Waals surface area contributed by atoms with E-state index in [4.69, 9.17) is 5.10 Å². The minimum Gasteiger partial charge on any atom is -0.242 e. The molecule has 0 spiro atoms. The summed E-state index contributed by atoms with van der Waals surface area (Å²) in [4.78, 5) is 0.